The largest absolute Gasteiger partial charge is 0.398 e. The zero-order valence-corrected chi connectivity index (χ0v) is 13.3. The Labute approximate surface area is 127 Å². The molecule has 0 aromatic heterocycles. The van der Waals surface area contributed by atoms with Crippen molar-refractivity contribution in [3.05, 3.63) is 35.2 Å². The minimum Gasteiger partial charge on any atom is -0.398 e. The van der Waals surface area contributed by atoms with E-state index in [-0.39, 0.29) is 11.9 Å². The number of nitrogens with one attached hydrogen (secondary N) is 1. The van der Waals surface area contributed by atoms with E-state index in [0.29, 0.717) is 11.3 Å². The molecule has 3 N–H and O–H groups in total. The van der Waals surface area contributed by atoms with Crippen molar-refractivity contribution in [1.82, 2.24) is 10.2 Å². The van der Waals surface area contributed by atoms with Gasteiger partial charge in [-0.2, -0.15) is 0 Å². The van der Waals surface area contributed by atoms with Gasteiger partial charge in [0.1, 0.15) is 0 Å². The second-order valence-electron chi connectivity index (χ2n) is 6.32. The first-order valence-electron chi connectivity index (χ1n) is 7.64. The lowest BCUT2D eigenvalue weighted by atomic mass is 10.0. The molecule has 1 fully saturated rings. The molecular formula is C17H26N3O. The van der Waals surface area contributed by atoms with E-state index >= 15 is 0 Å². The molecule has 21 heavy (non-hydrogen) atoms. The summed E-state index contributed by atoms with van der Waals surface area (Å²) < 4.78 is 0. The van der Waals surface area contributed by atoms with Crippen LogP contribution < -0.4 is 11.1 Å². The molecule has 1 radical (unpaired) electrons. The molecule has 1 aliphatic heterocycles. The Hall–Kier alpha value is -1.55. The number of carbonyl (C=O) groups excluding carboxylic acids is 1. The van der Waals surface area contributed by atoms with Crippen LogP contribution in [-0.4, -0.2) is 36.5 Å². The highest BCUT2D eigenvalue weighted by molar-refractivity contribution is 5.99. The third-order valence-electron chi connectivity index (χ3n) is 3.92. The second kappa shape index (κ2) is 6.94. The zero-order valence-electron chi connectivity index (χ0n) is 13.3. The standard InChI is InChI=1S/C17H26N3O/c1-12(2)11-20-8-6-14(7-9-20)19-17(21)15-10-13(3)4-5-16(15)18/h4-5,10,14H,6-9,11,18H2,1-3H3,(H,19,21). The van der Waals surface area contributed by atoms with Crippen LogP contribution in [0.5, 0.6) is 0 Å². The number of likely N-dealkylation sites (tertiary alicyclic amines) is 1. The topological polar surface area (TPSA) is 58.4 Å². The number of hydrogen-bond donors (Lipinski definition) is 2. The molecule has 0 saturated carbocycles. The van der Waals surface area contributed by atoms with Gasteiger partial charge in [0.2, 0.25) is 0 Å². The first kappa shape index (κ1) is 15.8. The van der Waals surface area contributed by atoms with Crippen molar-refractivity contribution in [2.45, 2.75) is 39.7 Å². The van der Waals surface area contributed by atoms with Gasteiger partial charge in [-0.25, -0.2) is 0 Å². The van der Waals surface area contributed by atoms with Gasteiger partial charge in [-0.1, -0.05) is 25.5 Å². The van der Waals surface area contributed by atoms with E-state index in [1.807, 2.05) is 19.1 Å². The molecular weight excluding hydrogens is 262 g/mol. The molecule has 0 aliphatic carbocycles. The number of nitrogens with zero attached hydrogens (tertiary/aromatic N) is 1. The highest BCUT2D eigenvalue weighted by Crippen LogP contribution is 2.16. The third kappa shape index (κ3) is 4.46. The summed E-state index contributed by atoms with van der Waals surface area (Å²) in [5, 5.41) is 3.12. The first-order chi connectivity index (χ1) is 9.95. The Bertz CT molecular complexity index is 491. The van der Waals surface area contributed by atoms with Gasteiger partial charge < -0.3 is 16.0 Å². The molecule has 1 aromatic rings. The number of benzene rings is 1. The first-order valence-corrected chi connectivity index (χ1v) is 7.64. The lowest BCUT2D eigenvalue weighted by Crippen LogP contribution is -2.45. The molecule has 1 amide bonds. The van der Waals surface area contributed by atoms with Crippen LogP contribution in [0.15, 0.2) is 18.2 Å². The van der Waals surface area contributed by atoms with E-state index in [1.54, 1.807) is 6.07 Å². The molecule has 4 heteroatoms. The molecule has 0 atom stereocenters. The van der Waals surface area contributed by atoms with Crippen LogP contribution in [0.4, 0.5) is 5.69 Å². The van der Waals surface area contributed by atoms with Crippen LogP contribution >= 0.6 is 0 Å². The number of hydrogen-bond acceptors (Lipinski definition) is 3. The SMILES string of the molecule is C[C](C)CN1CCC(NC(=O)c2cc(C)ccc2N)CC1. The number of carbonyl (C=O) groups is 1. The van der Waals surface area contributed by atoms with E-state index in [4.69, 9.17) is 5.73 Å². The molecule has 0 bridgehead atoms. The summed E-state index contributed by atoms with van der Waals surface area (Å²) in [6.45, 7) is 9.44. The summed E-state index contributed by atoms with van der Waals surface area (Å²) in [4.78, 5) is 14.8. The molecule has 1 heterocycles. The molecule has 115 valence electrons. The maximum atomic E-state index is 12.3. The molecule has 1 aromatic carbocycles. The van der Waals surface area contributed by atoms with Crippen LogP contribution in [0, 0.1) is 12.8 Å². The lowest BCUT2D eigenvalue weighted by molar-refractivity contribution is 0.0913. The second-order valence-corrected chi connectivity index (χ2v) is 6.32. The minimum absolute atomic E-state index is 0.0483. The van der Waals surface area contributed by atoms with Crippen LogP contribution in [0.3, 0.4) is 0 Å². The average Bonchev–Trinajstić information content (AvgIpc) is 2.43. The molecule has 1 aliphatic rings. The number of anilines is 1. The molecule has 0 spiro atoms. The predicted molar refractivity (Wildman–Crippen MR) is 87.1 cm³/mol. The van der Waals surface area contributed by atoms with E-state index in [2.05, 4.69) is 24.1 Å². The number of amides is 1. The molecule has 4 nitrogen and oxygen atoms in total. The molecule has 2 rings (SSSR count). The summed E-state index contributed by atoms with van der Waals surface area (Å²) >= 11 is 0. The zero-order chi connectivity index (χ0) is 15.4. The van der Waals surface area contributed by atoms with Crippen LogP contribution in [0.25, 0.3) is 0 Å². The Balaban J connectivity index is 1.88. The Morgan fingerprint density at radius 2 is 2.00 bits per heavy atom. The van der Waals surface area contributed by atoms with Gasteiger partial charge in [-0.15, -0.1) is 0 Å². The fourth-order valence-corrected chi connectivity index (χ4v) is 2.81. The number of nitrogens with two attached hydrogens (primary N) is 1. The van der Waals surface area contributed by atoms with Crippen LogP contribution in [-0.2, 0) is 0 Å². The maximum absolute atomic E-state index is 12.3. The number of rotatable bonds is 4. The van der Waals surface area contributed by atoms with Gasteiger partial charge in [-0.05, 0) is 37.8 Å². The van der Waals surface area contributed by atoms with Crippen LogP contribution in [0.1, 0.15) is 42.6 Å². The molecule has 0 unspecified atom stereocenters. The van der Waals surface area contributed by atoms with Gasteiger partial charge in [0.25, 0.3) is 5.91 Å². The summed E-state index contributed by atoms with van der Waals surface area (Å²) in [5.41, 5.74) is 8.10. The highest BCUT2D eigenvalue weighted by atomic mass is 16.1. The van der Waals surface area contributed by atoms with E-state index < -0.39 is 0 Å². The fourth-order valence-electron chi connectivity index (χ4n) is 2.81. The molecule has 1 saturated heterocycles. The normalized spacial score (nSPS) is 17.1. The number of piperidine rings is 1. The Kier molecular flexibility index (Phi) is 5.23. The highest BCUT2D eigenvalue weighted by Gasteiger charge is 2.22. The van der Waals surface area contributed by atoms with Crippen molar-refractivity contribution in [3.8, 4) is 0 Å². The van der Waals surface area contributed by atoms with Gasteiger partial charge >= 0.3 is 0 Å². The fraction of sp³-hybridized carbons (Fsp3) is 0.529. The average molecular weight is 288 g/mol. The van der Waals surface area contributed by atoms with Crippen LogP contribution in [0.2, 0.25) is 0 Å². The predicted octanol–water partition coefficient (Wildman–Crippen LogP) is 2.39. The van der Waals surface area contributed by atoms with E-state index in [0.717, 1.165) is 38.0 Å². The van der Waals surface area contributed by atoms with Crippen molar-refractivity contribution in [2.24, 2.45) is 0 Å². The Morgan fingerprint density at radius 1 is 1.33 bits per heavy atom. The monoisotopic (exact) mass is 288 g/mol. The van der Waals surface area contributed by atoms with Crippen molar-refractivity contribution < 1.29 is 4.79 Å². The smallest absolute Gasteiger partial charge is 0.253 e. The van der Waals surface area contributed by atoms with E-state index in [1.165, 1.54) is 5.92 Å². The summed E-state index contributed by atoms with van der Waals surface area (Å²) in [5.74, 6) is 1.39. The lowest BCUT2D eigenvalue weighted by Gasteiger charge is -2.33. The summed E-state index contributed by atoms with van der Waals surface area (Å²) in [6.07, 6.45) is 2.01. The third-order valence-corrected chi connectivity index (χ3v) is 3.92. The van der Waals surface area contributed by atoms with Crippen molar-refractivity contribution in [3.63, 3.8) is 0 Å². The van der Waals surface area contributed by atoms with E-state index in [9.17, 15) is 4.79 Å². The van der Waals surface area contributed by atoms with Gasteiger partial charge in [-0.3, -0.25) is 4.79 Å². The van der Waals surface area contributed by atoms with Gasteiger partial charge in [0.15, 0.2) is 0 Å². The minimum atomic E-state index is -0.0483. The van der Waals surface area contributed by atoms with Gasteiger partial charge in [0.05, 0.1) is 5.56 Å². The van der Waals surface area contributed by atoms with Crippen molar-refractivity contribution in [1.29, 1.82) is 0 Å². The maximum Gasteiger partial charge on any atom is 0.253 e. The number of aryl methyl sites for hydroxylation is 1. The Morgan fingerprint density at radius 3 is 2.62 bits per heavy atom. The van der Waals surface area contributed by atoms with Crippen molar-refractivity contribution >= 4 is 11.6 Å². The number of nitrogen functional groups attached to an aromatic ring is 1. The van der Waals surface area contributed by atoms with Crippen molar-refractivity contribution in [2.75, 3.05) is 25.4 Å². The quantitative estimate of drug-likeness (QED) is 0.836. The van der Waals surface area contributed by atoms with Gasteiger partial charge in [0, 0.05) is 31.4 Å². The summed E-state index contributed by atoms with van der Waals surface area (Å²) in [7, 11) is 0. The summed E-state index contributed by atoms with van der Waals surface area (Å²) in [6, 6.07) is 5.83.